The van der Waals surface area contributed by atoms with E-state index in [0.29, 0.717) is 11.7 Å². The van der Waals surface area contributed by atoms with Gasteiger partial charge in [-0.3, -0.25) is 9.69 Å². The lowest BCUT2D eigenvalue weighted by atomic mass is 9.94. The van der Waals surface area contributed by atoms with Crippen LogP contribution < -0.4 is 5.32 Å². The third-order valence-electron chi connectivity index (χ3n) is 5.97. The molecule has 1 saturated heterocycles. The highest BCUT2D eigenvalue weighted by atomic mass is 32.1. The third kappa shape index (κ3) is 4.92. The number of rotatable bonds is 6. The maximum Gasteiger partial charge on any atom is 0.291 e. The van der Waals surface area contributed by atoms with Gasteiger partial charge in [-0.25, -0.2) is 0 Å². The first-order valence-corrected chi connectivity index (χ1v) is 11.7. The normalized spacial score (nSPS) is 16.5. The minimum absolute atomic E-state index is 0.103. The van der Waals surface area contributed by atoms with Crippen molar-refractivity contribution in [1.82, 2.24) is 9.80 Å². The van der Waals surface area contributed by atoms with Gasteiger partial charge >= 0.3 is 0 Å². The van der Waals surface area contributed by atoms with Gasteiger partial charge in [-0.15, -0.1) is 11.3 Å². The molecule has 4 rings (SSSR count). The van der Waals surface area contributed by atoms with Crippen LogP contribution in [-0.4, -0.2) is 48.9 Å². The molecular weight excluding hydrogens is 406 g/mol. The van der Waals surface area contributed by atoms with Crippen molar-refractivity contribution < 1.29 is 9.21 Å². The number of hydrogen-bond donors (Lipinski definition) is 1. The number of likely N-dealkylation sites (N-methyl/N-ethyl adjacent to an activating group) is 1. The number of hydrogen-bond acceptors (Lipinski definition) is 5. The number of anilines is 1. The quantitative estimate of drug-likeness (QED) is 0.564. The molecule has 1 fully saturated rings. The highest BCUT2D eigenvalue weighted by Gasteiger charge is 2.29. The molecule has 0 spiro atoms. The molecule has 164 valence electrons. The summed E-state index contributed by atoms with van der Waals surface area (Å²) in [5.41, 5.74) is 3.76. The summed E-state index contributed by atoms with van der Waals surface area (Å²) in [6.07, 6.45) is 1.53. The lowest BCUT2D eigenvalue weighted by molar-refractivity contribution is 0.0996. The van der Waals surface area contributed by atoms with E-state index in [1.54, 1.807) is 23.5 Å². The molecule has 1 aromatic carbocycles. The molecule has 1 aliphatic rings. The zero-order chi connectivity index (χ0) is 22.0. The molecule has 2 aromatic heterocycles. The summed E-state index contributed by atoms with van der Waals surface area (Å²) in [6.45, 7) is 10.6. The lowest BCUT2D eigenvalue weighted by Crippen LogP contribution is -2.46. The maximum absolute atomic E-state index is 12.7. The number of aryl methyl sites for hydroxylation is 1. The Balaban J connectivity index is 1.70. The van der Waals surface area contributed by atoms with Crippen LogP contribution >= 0.6 is 11.3 Å². The van der Waals surface area contributed by atoms with Crippen LogP contribution in [0.15, 0.2) is 53.1 Å². The van der Waals surface area contributed by atoms with E-state index in [-0.39, 0.29) is 11.9 Å². The van der Waals surface area contributed by atoms with Crippen LogP contribution in [0.25, 0.3) is 0 Å². The monoisotopic (exact) mass is 437 g/mol. The molecule has 3 aromatic rings. The van der Waals surface area contributed by atoms with Crippen LogP contribution in [-0.2, 0) is 0 Å². The Morgan fingerprint density at radius 2 is 1.74 bits per heavy atom. The highest BCUT2D eigenvalue weighted by Crippen LogP contribution is 2.39. The predicted molar refractivity (Wildman–Crippen MR) is 127 cm³/mol. The van der Waals surface area contributed by atoms with Gasteiger partial charge < -0.3 is 14.6 Å². The number of carbonyl (C=O) groups excluding carboxylic acids is 1. The first kappa shape index (κ1) is 21.8. The van der Waals surface area contributed by atoms with E-state index < -0.39 is 0 Å². The summed E-state index contributed by atoms with van der Waals surface area (Å²) in [5.74, 6) is 0.623. The Morgan fingerprint density at radius 1 is 1.06 bits per heavy atom. The van der Waals surface area contributed by atoms with Crippen LogP contribution in [0.1, 0.15) is 57.9 Å². The van der Waals surface area contributed by atoms with E-state index in [0.717, 1.165) is 36.7 Å². The van der Waals surface area contributed by atoms with Crippen molar-refractivity contribution in [2.75, 3.05) is 38.5 Å². The van der Waals surface area contributed by atoms with E-state index in [9.17, 15) is 4.79 Å². The van der Waals surface area contributed by atoms with Gasteiger partial charge in [0.1, 0.15) is 5.00 Å². The molecule has 5 nitrogen and oxygen atoms in total. The van der Waals surface area contributed by atoms with Gasteiger partial charge in [-0.05, 0) is 49.2 Å². The first-order chi connectivity index (χ1) is 14.9. The number of piperazine rings is 1. The van der Waals surface area contributed by atoms with E-state index in [2.05, 4.69) is 73.3 Å². The zero-order valence-corrected chi connectivity index (χ0v) is 19.5. The van der Waals surface area contributed by atoms with Crippen molar-refractivity contribution >= 4 is 22.2 Å². The molecule has 1 N–H and O–H groups in total. The molecule has 1 atom stereocenters. The third-order valence-corrected chi connectivity index (χ3v) is 6.95. The number of thiophene rings is 1. The van der Waals surface area contributed by atoms with Gasteiger partial charge in [0.15, 0.2) is 5.76 Å². The largest absolute Gasteiger partial charge is 0.459 e. The molecule has 0 aliphatic carbocycles. The second-order valence-electron chi connectivity index (χ2n) is 8.64. The average molecular weight is 438 g/mol. The summed E-state index contributed by atoms with van der Waals surface area (Å²) in [5, 5.41) is 4.01. The summed E-state index contributed by atoms with van der Waals surface area (Å²) in [4.78, 5) is 18.8. The van der Waals surface area contributed by atoms with Crippen molar-refractivity contribution in [2.45, 2.75) is 32.7 Å². The highest BCUT2D eigenvalue weighted by molar-refractivity contribution is 7.16. The average Bonchev–Trinajstić information content (AvgIpc) is 3.40. The van der Waals surface area contributed by atoms with Crippen molar-refractivity contribution in [1.29, 1.82) is 0 Å². The minimum Gasteiger partial charge on any atom is -0.459 e. The van der Waals surface area contributed by atoms with Gasteiger partial charge in [-0.1, -0.05) is 38.1 Å². The number of nitrogens with one attached hydrogen (secondary N) is 1. The van der Waals surface area contributed by atoms with Gasteiger partial charge in [0.05, 0.1) is 12.3 Å². The molecule has 0 bridgehead atoms. The van der Waals surface area contributed by atoms with Crippen molar-refractivity contribution in [3.05, 3.63) is 76.1 Å². The molecule has 0 saturated carbocycles. The topological polar surface area (TPSA) is 48.7 Å². The molecule has 6 heteroatoms. The van der Waals surface area contributed by atoms with Crippen molar-refractivity contribution in [3.63, 3.8) is 0 Å². The van der Waals surface area contributed by atoms with E-state index in [4.69, 9.17) is 4.42 Å². The number of amides is 1. The number of nitrogens with zero attached hydrogens (tertiary/aromatic N) is 2. The number of carbonyl (C=O) groups is 1. The van der Waals surface area contributed by atoms with E-state index in [1.807, 2.05) is 0 Å². The molecule has 1 unspecified atom stereocenters. The van der Waals surface area contributed by atoms with Crippen LogP contribution in [0.5, 0.6) is 0 Å². The predicted octanol–water partition coefficient (Wildman–Crippen LogP) is 5.36. The summed E-state index contributed by atoms with van der Waals surface area (Å²) in [7, 11) is 2.17. The number of benzene rings is 1. The Hall–Kier alpha value is -2.41. The molecule has 1 aliphatic heterocycles. The lowest BCUT2D eigenvalue weighted by Gasteiger charge is -2.38. The molecular formula is C25H31N3O2S. The van der Waals surface area contributed by atoms with Crippen LogP contribution in [0, 0.1) is 6.92 Å². The number of furan rings is 1. The van der Waals surface area contributed by atoms with Crippen molar-refractivity contribution in [3.8, 4) is 0 Å². The first-order valence-electron chi connectivity index (χ1n) is 10.9. The van der Waals surface area contributed by atoms with Crippen LogP contribution in [0.3, 0.4) is 0 Å². The Labute approximate surface area is 188 Å². The SMILES string of the molecule is Cc1cc(C(c2ccc(C(C)C)cc2)N2CCN(C)CC2)c(NC(=O)c2ccco2)s1. The van der Waals surface area contributed by atoms with Gasteiger partial charge in [-0.2, -0.15) is 0 Å². The van der Waals surface area contributed by atoms with E-state index in [1.165, 1.54) is 22.3 Å². The Bertz CT molecular complexity index is 1000. The minimum atomic E-state index is -0.208. The summed E-state index contributed by atoms with van der Waals surface area (Å²) in [6, 6.07) is 14.7. The van der Waals surface area contributed by atoms with Crippen LogP contribution in [0.4, 0.5) is 5.00 Å². The van der Waals surface area contributed by atoms with Crippen molar-refractivity contribution in [2.24, 2.45) is 0 Å². The van der Waals surface area contributed by atoms with Gasteiger partial charge in [0.25, 0.3) is 5.91 Å². The maximum atomic E-state index is 12.7. The standard InChI is InChI=1S/C25H31N3O2S/c1-17(2)19-7-9-20(10-8-19)23(28-13-11-27(4)12-14-28)21-16-18(3)31-25(21)26-24(29)22-6-5-15-30-22/h5-10,15-17,23H,11-14H2,1-4H3,(H,26,29). The Morgan fingerprint density at radius 3 is 2.35 bits per heavy atom. The Kier molecular flexibility index (Phi) is 6.60. The summed E-state index contributed by atoms with van der Waals surface area (Å²) >= 11 is 1.62. The van der Waals surface area contributed by atoms with Gasteiger partial charge in [0, 0.05) is 36.6 Å². The van der Waals surface area contributed by atoms with Gasteiger partial charge in [0.2, 0.25) is 0 Å². The van der Waals surface area contributed by atoms with Crippen LogP contribution in [0.2, 0.25) is 0 Å². The summed E-state index contributed by atoms with van der Waals surface area (Å²) < 4.78 is 5.30. The smallest absolute Gasteiger partial charge is 0.291 e. The fourth-order valence-electron chi connectivity index (χ4n) is 4.14. The van der Waals surface area contributed by atoms with E-state index >= 15 is 0 Å². The zero-order valence-electron chi connectivity index (χ0n) is 18.7. The molecule has 0 radical (unpaired) electrons. The molecule has 31 heavy (non-hydrogen) atoms. The fourth-order valence-corrected chi connectivity index (χ4v) is 5.08. The second kappa shape index (κ2) is 9.39. The fraction of sp³-hybridized carbons (Fsp3) is 0.400. The molecule has 1 amide bonds. The second-order valence-corrected chi connectivity index (χ2v) is 9.89. The molecule has 3 heterocycles.